The largest absolute Gasteiger partial charge is 0.355 e. The topological polar surface area (TPSA) is 55.1 Å². The molecule has 3 nitrogen and oxygen atoms in total. The molecule has 0 saturated carbocycles. The lowest BCUT2D eigenvalue weighted by molar-refractivity contribution is -0.132. The SMILES string of the molecule is CC(C)(N)C(C)(C)C(=O)NCCSc1ccccc1. The first-order chi connectivity index (χ1) is 8.75. The number of amides is 1. The van der Waals surface area contributed by atoms with Gasteiger partial charge in [0.25, 0.3) is 0 Å². The van der Waals surface area contributed by atoms with Crippen LogP contribution < -0.4 is 11.1 Å². The summed E-state index contributed by atoms with van der Waals surface area (Å²) in [7, 11) is 0. The monoisotopic (exact) mass is 280 g/mol. The van der Waals surface area contributed by atoms with E-state index in [9.17, 15) is 4.79 Å². The summed E-state index contributed by atoms with van der Waals surface area (Å²) in [4.78, 5) is 13.3. The van der Waals surface area contributed by atoms with Crippen molar-refractivity contribution in [1.82, 2.24) is 5.32 Å². The summed E-state index contributed by atoms with van der Waals surface area (Å²) in [5.74, 6) is 0.866. The van der Waals surface area contributed by atoms with Gasteiger partial charge in [-0.2, -0.15) is 0 Å². The van der Waals surface area contributed by atoms with E-state index in [-0.39, 0.29) is 5.91 Å². The molecule has 19 heavy (non-hydrogen) atoms. The highest BCUT2D eigenvalue weighted by atomic mass is 32.2. The molecule has 0 fully saturated rings. The van der Waals surface area contributed by atoms with E-state index in [1.165, 1.54) is 4.90 Å². The molecule has 1 aromatic carbocycles. The molecular weight excluding hydrogens is 256 g/mol. The maximum atomic E-state index is 12.1. The molecule has 0 aliphatic heterocycles. The van der Waals surface area contributed by atoms with Crippen LogP contribution >= 0.6 is 11.8 Å². The first-order valence-corrected chi connectivity index (χ1v) is 7.49. The smallest absolute Gasteiger partial charge is 0.227 e. The number of carbonyl (C=O) groups excluding carboxylic acids is 1. The summed E-state index contributed by atoms with van der Waals surface area (Å²) < 4.78 is 0. The van der Waals surface area contributed by atoms with Crippen molar-refractivity contribution in [3.63, 3.8) is 0 Å². The van der Waals surface area contributed by atoms with Crippen LogP contribution in [0.15, 0.2) is 35.2 Å². The number of carbonyl (C=O) groups is 1. The van der Waals surface area contributed by atoms with E-state index in [1.807, 2.05) is 45.9 Å². The fourth-order valence-corrected chi connectivity index (χ4v) is 2.15. The second kappa shape index (κ2) is 6.44. The third-order valence-electron chi connectivity index (χ3n) is 3.58. The van der Waals surface area contributed by atoms with Gasteiger partial charge in [-0.15, -0.1) is 11.8 Å². The standard InChI is InChI=1S/C15H24N2OS/c1-14(2,15(3,4)16)13(18)17-10-11-19-12-8-6-5-7-9-12/h5-9H,10-11,16H2,1-4H3,(H,17,18). The minimum atomic E-state index is -0.579. The average Bonchev–Trinajstić information content (AvgIpc) is 2.34. The summed E-state index contributed by atoms with van der Waals surface area (Å²) in [5, 5.41) is 2.96. The maximum absolute atomic E-state index is 12.1. The van der Waals surface area contributed by atoms with Crippen LogP contribution in [0.5, 0.6) is 0 Å². The Bertz CT molecular complexity index is 410. The molecular formula is C15H24N2OS. The van der Waals surface area contributed by atoms with E-state index in [4.69, 9.17) is 5.73 Å². The van der Waals surface area contributed by atoms with Gasteiger partial charge in [-0.05, 0) is 39.8 Å². The summed E-state index contributed by atoms with van der Waals surface area (Å²) in [6.07, 6.45) is 0. The lowest BCUT2D eigenvalue weighted by atomic mass is 9.74. The van der Waals surface area contributed by atoms with Crippen LogP contribution in [0.4, 0.5) is 0 Å². The van der Waals surface area contributed by atoms with Gasteiger partial charge in [-0.3, -0.25) is 4.79 Å². The van der Waals surface area contributed by atoms with Gasteiger partial charge in [0, 0.05) is 22.7 Å². The summed E-state index contributed by atoms with van der Waals surface area (Å²) in [5.41, 5.74) is 4.93. The Balaban J connectivity index is 2.36. The number of nitrogens with two attached hydrogens (primary N) is 1. The Morgan fingerprint density at radius 3 is 2.32 bits per heavy atom. The second-order valence-corrected chi connectivity index (χ2v) is 6.93. The average molecular weight is 280 g/mol. The first kappa shape index (κ1) is 16.1. The van der Waals surface area contributed by atoms with Gasteiger partial charge in [0.2, 0.25) is 5.91 Å². The van der Waals surface area contributed by atoms with Gasteiger partial charge in [-0.25, -0.2) is 0 Å². The number of hydrogen-bond acceptors (Lipinski definition) is 3. The van der Waals surface area contributed by atoms with Crippen molar-refractivity contribution in [2.75, 3.05) is 12.3 Å². The van der Waals surface area contributed by atoms with E-state index in [0.717, 1.165) is 5.75 Å². The van der Waals surface area contributed by atoms with E-state index in [1.54, 1.807) is 11.8 Å². The maximum Gasteiger partial charge on any atom is 0.227 e. The predicted molar refractivity (Wildman–Crippen MR) is 82.2 cm³/mol. The Hall–Kier alpha value is -1.00. The van der Waals surface area contributed by atoms with Gasteiger partial charge in [0.15, 0.2) is 0 Å². The highest BCUT2D eigenvalue weighted by molar-refractivity contribution is 7.99. The Kier molecular flexibility index (Phi) is 5.44. The van der Waals surface area contributed by atoms with E-state index >= 15 is 0 Å². The summed E-state index contributed by atoms with van der Waals surface area (Å²) in [6, 6.07) is 10.2. The van der Waals surface area contributed by atoms with Crippen molar-refractivity contribution in [1.29, 1.82) is 0 Å². The van der Waals surface area contributed by atoms with Crippen LogP contribution in [-0.2, 0) is 4.79 Å². The molecule has 0 aliphatic carbocycles. The zero-order chi connectivity index (χ0) is 14.5. The minimum Gasteiger partial charge on any atom is -0.355 e. The lowest BCUT2D eigenvalue weighted by Crippen LogP contribution is -2.55. The second-order valence-electron chi connectivity index (χ2n) is 5.76. The number of hydrogen-bond donors (Lipinski definition) is 2. The Labute approximate surface area is 120 Å². The fraction of sp³-hybridized carbons (Fsp3) is 0.533. The molecule has 1 amide bonds. The highest BCUT2D eigenvalue weighted by Crippen LogP contribution is 2.28. The van der Waals surface area contributed by atoms with Gasteiger partial charge in [-0.1, -0.05) is 18.2 Å². The zero-order valence-corrected chi connectivity index (χ0v) is 13.0. The molecule has 0 heterocycles. The molecule has 1 rings (SSSR count). The molecule has 1 aromatic rings. The van der Waals surface area contributed by atoms with Crippen LogP contribution in [0.3, 0.4) is 0 Å². The third-order valence-corrected chi connectivity index (χ3v) is 4.59. The Morgan fingerprint density at radius 2 is 1.79 bits per heavy atom. The molecule has 4 heteroatoms. The van der Waals surface area contributed by atoms with Crippen LogP contribution in [-0.4, -0.2) is 23.7 Å². The molecule has 0 saturated heterocycles. The van der Waals surface area contributed by atoms with Crippen molar-refractivity contribution < 1.29 is 4.79 Å². The molecule has 0 spiro atoms. The zero-order valence-electron chi connectivity index (χ0n) is 12.2. The molecule has 3 N–H and O–H groups in total. The summed E-state index contributed by atoms with van der Waals surface area (Å²) in [6.45, 7) is 8.17. The van der Waals surface area contributed by atoms with Crippen LogP contribution in [0.2, 0.25) is 0 Å². The number of benzene rings is 1. The number of rotatable bonds is 6. The number of thioether (sulfide) groups is 1. The van der Waals surface area contributed by atoms with Gasteiger partial charge in [0.1, 0.15) is 0 Å². The van der Waals surface area contributed by atoms with Gasteiger partial charge in [0.05, 0.1) is 5.41 Å². The molecule has 0 unspecified atom stereocenters. The quantitative estimate of drug-likeness (QED) is 0.622. The first-order valence-electron chi connectivity index (χ1n) is 6.50. The minimum absolute atomic E-state index is 0.00802. The molecule has 0 atom stereocenters. The van der Waals surface area contributed by atoms with Crippen molar-refractivity contribution in [3.8, 4) is 0 Å². The highest BCUT2D eigenvalue weighted by Gasteiger charge is 2.40. The summed E-state index contributed by atoms with van der Waals surface area (Å²) >= 11 is 1.73. The molecule has 0 aromatic heterocycles. The third kappa shape index (κ3) is 4.55. The fourth-order valence-electron chi connectivity index (χ4n) is 1.36. The van der Waals surface area contributed by atoms with Crippen molar-refractivity contribution in [2.45, 2.75) is 38.1 Å². The van der Waals surface area contributed by atoms with Gasteiger partial charge >= 0.3 is 0 Å². The lowest BCUT2D eigenvalue weighted by Gasteiger charge is -2.36. The Morgan fingerprint density at radius 1 is 1.21 bits per heavy atom. The van der Waals surface area contributed by atoms with E-state index < -0.39 is 11.0 Å². The molecule has 0 aliphatic rings. The van der Waals surface area contributed by atoms with Crippen molar-refractivity contribution in [2.24, 2.45) is 11.1 Å². The number of nitrogens with one attached hydrogen (secondary N) is 1. The van der Waals surface area contributed by atoms with Crippen molar-refractivity contribution in [3.05, 3.63) is 30.3 Å². The van der Waals surface area contributed by atoms with Crippen LogP contribution in [0.25, 0.3) is 0 Å². The molecule has 0 bridgehead atoms. The predicted octanol–water partition coefficient (Wildman–Crippen LogP) is 2.66. The van der Waals surface area contributed by atoms with E-state index in [2.05, 4.69) is 17.4 Å². The van der Waals surface area contributed by atoms with Crippen LogP contribution in [0.1, 0.15) is 27.7 Å². The molecule has 0 radical (unpaired) electrons. The van der Waals surface area contributed by atoms with Gasteiger partial charge < -0.3 is 11.1 Å². The van der Waals surface area contributed by atoms with E-state index in [0.29, 0.717) is 6.54 Å². The molecule has 106 valence electrons. The normalized spacial score (nSPS) is 12.3. The van der Waals surface area contributed by atoms with Crippen molar-refractivity contribution >= 4 is 17.7 Å². The van der Waals surface area contributed by atoms with Crippen LogP contribution in [0, 0.1) is 5.41 Å².